The molecule has 0 aliphatic rings. The molecule has 726 valence electrons. The van der Waals surface area contributed by atoms with E-state index < -0.39 is 11.8 Å². The third-order valence-electron chi connectivity index (χ3n) is 19.2. The van der Waals surface area contributed by atoms with Crippen molar-refractivity contribution in [3.63, 3.8) is 0 Å². The van der Waals surface area contributed by atoms with Gasteiger partial charge in [-0.25, -0.2) is 4.39 Å². The Morgan fingerprint density at radius 1 is 0.248 bits per heavy atom. The Morgan fingerprint density at radius 2 is 0.496 bits per heavy atom. The first-order chi connectivity index (χ1) is 65.1. The molecular weight excluding hydrogens is 2210 g/mol. The number of hydrogen-bond acceptors (Lipinski definition) is 18. The van der Waals surface area contributed by atoms with Crippen LogP contribution in [0.2, 0.25) is 65.3 Å². The fourth-order valence-corrected chi connectivity index (χ4v) is 15.2. The molecule has 0 amide bonds. The first-order valence-electron chi connectivity index (χ1n) is 42.1. The first-order valence-corrected chi connectivity index (χ1v) is 48.9. The molecule has 12 rings (SSSR count). The number of hydrogen-bond donors (Lipinski definition) is 0. The average Bonchev–Trinajstić information content (AvgIpc) is 0.837. The zero-order chi connectivity index (χ0) is 101. The number of para-hydroxylation sites is 1. The molecule has 0 unspecified atom stereocenters. The summed E-state index contributed by atoms with van der Waals surface area (Å²) in [5.41, 5.74) is 9.98. The molecule has 0 bridgehead atoms. The Kier molecular flexibility index (Phi) is 48.6. The second kappa shape index (κ2) is 57.8. The molecule has 0 radical (unpaired) electrons. The summed E-state index contributed by atoms with van der Waals surface area (Å²) >= 11 is 85.3. The van der Waals surface area contributed by atoms with Crippen LogP contribution in [0.25, 0.3) is 0 Å². The van der Waals surface area contributed by atoms with Crippen molar-refractivity contribution in [1.82, 2.24) is 0 Å². The molecular formula is C103H94BrCl13FIO18. The zero-order valence-electron chi connectivity index (χ0n) is 76.3. The second-order valence-corrected chi connectivity index (χ2v) is 36.7. The molecule has 0 atom stereocenters. The number of benzene rings is 12. The van der Waals surface area contributed by atoms with Gasteiger partial charge in [0.25, 0.3) is 0 Å². The van der Waals surface area contributed by atoms with Crippen LogP contribution in [0.1, 0.15) is 152 Å². The molecule has 0 N–H and O–H groups in total. The Bertz CT molecular complexity index is 5540. The van der Waals surface area contributed by atoms with Crippen LogP contribution in [0.4, 0.5) is 4.39 Å². The van der Waals surface area contributed by atoms with E-state index in [0.29, 0.717) is 160 Å². The Labute approximate surface area is 883 Å². The highest BCUT2D eigenvalue weighted by molar-refractivity contribution is 14.1. The lowest BCUT2D eigenvalue weighted by Gasteiger charge is -2.15. The van der Waals surface area contributed by atoms with Gasteiger partial charge in [0.2, 0.25) is 0 Å². The van der Waals surface area contributed by atoms with Gasteiger partial charge in [-0.3, -0.25) is 28.8 Å². The quantitative estimate of drug-likeness (QED) is 0.0232. The molecule has 137 heavy (non-hydrogen) atoms. The van der Waals surface area contributed by atoms with Gasteiger partial charge < -0.3 is 56.8 Å². The summed E-state index contributed by atoms with van der Waals surface area (Å²) in [5.74, 6) is 2.71. The van der Waals surface area contributed by atoms with E-state index >= 15 is 0 Å². The molecule has 0 spiro atoms. The van der Waals surface area contributed by atoms with Crippen LogP contribution >= 0.6 is 189 Å². The van der Waals surface area contributed by atoms with Crippen molar-refractivity contribution in [3.8, 4) is 69.0 Å². The van der Waals surface area contributed by atoms with Gasteiger partial charge in [-0.2, -0.15) is 0 Å². The van der Waals surface area contributed by atoms with E-state index in [1.165, 1.54) is 18.2 Å². The summed E-state index contributed by atoms with van der Waals surface area (Å²) in [4.78, 5) is 69.0. The molecule has 0 fully saturated rings. The predicted molar refractivity (Wildman–Crippen MR) is 558 cm³/mol. The molecule has 34 heteroatoms. The maximum absolute atomic E-state index is 14.0. The summed E-state index contributed by atoms with van der Waals surface area (Å²) in [7, 11) is 0. The van der Waals surface area contributed by atoms with Crippen molar-refractivity contribution in [2.45, 2.75) is 168 Å². The van der Waals surface area contributed by atoms with Crippen molar-refractivity contribution in [2.75, 3.05) is 0 Å². The van der Waals surface area contributed by atoms with E-state index in [4.69, 9.17) is 208 Å². The Balaban J connectivity index is 0.000000224. The van der Waals surface area contributed by atoms with Gasteiger partial charge in [0.15, 0.2) is 0 Å². The van der Waals surface area contributed by atoms with E-state index in [1.807, 2.05) is 90.9 Å². The number of carbonyl (C=O) groups excluding carboxylic acids is 6. The van der Waals surface area contributed by atoms with Crippen molar-refractivity contribution >= 4 is 225 Å². The minimum absolute atomic E-state index is 0.102. The van der Waals surface area contributed by atoms with Gasteiger partial charge in [-0.15, -0.1) is 0 Å². The zero-order valence-corrected chi connectivity index (χ0v) is 89.8. The number of halogens is 16. The number of carbonyl (C=O) groups is 6. The second-order valence-electron chi connectivity index (χ2n) is 29.4. The normalized spacial score (nSPS) is 10.5. The SMILES string of the molecule is CCC(=O)Oc1cccc(Br)c1COc1cc(Cl)c(C)cc1Cl.CCC(=O)Oc1cccc(C)c1COc1cc(Cl)c(C)cc1Cl.CCC(=O)Oc1cccc(Cl)c1COc1cc(Cl)c(C)cc1Cl.CCC(=O)Oc1cccc(F)c1COc1cc(Cl)c(C)cc1Cl.CCC(=O)Oc1cccc(I)c1COc1cc(Cl)c(C)cc1Cl.CCC(=O)Oc1ccccc1COc1cc(Cl)c(C)cc1Cl. The Morgan fingerprint density at radius 3 is 0.854 bits per heavy atom. The predicted octanol–water partition coefficient (Wildman–Crippen LogP) is 33.6. The van der Waals surface area contributed by atoms with Crippen molar-refractivity contribution in [1.29, 1.82) is 0 Å². The highest BCUT2D eigenvalue weighted by Gasteiger charge is 2.22. The maximum atomic E-state index is 14.0. The van der Waals surface area contributed by atoms with Crippen molar-refractivity contribution < 1.29 is 90.0 Å². The lowest BCUT2D eigenvalue weighted by molar-refractivity contribution is -0.135. The summed E-state index contributed by atoms with van der Waals surface area (Å²) in [5, 5.41) is 6.61. The van der Waals surface area contributed by atoms with Crippen LogP contribution in [-0.4, -0.2) is 35.8 Å². The molecule has 0 heterocycles. The van der Waals surface area contributed by atoms with Gasteiger partial charge in [0.1, 0.15) is 114 Å². The highest BCUT2D eigenvalue weighted by atomic mass is 127. The van der Waals surface area contributed by atoms with Crippen LogP contribution < -0.4 is 56.8 Å². The van der Waals surface area contributed by atoms with E-state index in [1.54, 1.807) is 169 Å². The van der Waals surface area contributed by atoms with E-state index in [9.17, 15) is 33.2 Å². The largest absolute Gasteiger partial charge is 0.487 e. The molecule has 0 aromatic heterocycles. The molecule has 18 nitrogen and oxygen atoms in total. The van der Waals surface area contributed by atoms with E-state index in [2.05, 4.69) is 38.5 Å². The van der Waals surface area contributed by atoms with Gasteiger partial charge >= 0.3 is 35.8 Å². The van der Waals surface area contributed by atoms with Crippen molar-refractivity contribution in [2.24, 2.45) is 0 Å². The van der Waals surface area contributed by atoms with Crippen molar-refractivity contribution in [3.05, 3.63) is 340 Å². The van der Waals surface area contributed by atoms with Crippen LogP contribution in [-0.2, 0) is 68.4 Å². The monoisotopic (exact) mass is 2300 g/mol. The minimum Gasteiger partial charge on any atom is -0.487 e. The topological polar surface area (TPSA) is 213 Å². The Hall–Kier alpha value is -8.83. The van der Waals surface area contributed by atoms with Gasteiger partial charge in [0, 0.05) is 135 Å². The number of aryl methyl sites for hydroxylation is 7. The smallest absolute Gasteiger partial charge is 0.310 e. The summed E-state index contributed by atoms with van der Waals surface area (Å²) in [6, 6.07) is 53.3. The first kappa shape index (κ1) is 115. The van der Waals surface area contributed by atoms with Gasteiger partial charge in [-0.05, 0) is 207 Å². The highest BCUT2D eigenvalue weighted by Crippen LogP contribution is 2.41. The summed E-state index contributed by atoms with van der Waals surface area (Å²) in [6.45, 7) is 24.3. The lowest BCUT2D eigenvalue weighted by Crippen LogP contribution is -2.10. The van der Waals surface area contributed by atoms with Gasteiger partial charge in [0.05, 0.1) is 46.3 Å². The lowest BCUT2D eigenvalue weighted by atomic mass is 10.1. The third-order valence-corrected chi connectivity index (χ3v) is 25.6. The summed E-state index contributed by atoms with van der Waals surface area (Å²) < 4.78 is 81.7. The maximum Gasteiger partial charge on any atom is 0.310 e. The van der Waals surface area contributed by atoms with Crippen LogP contribution in [0.5, 0.6) is 69.0 Å². The fraction of sp³-hybridized carbons (Fsp3) is 0.243. The third kappa shape index (κ3) is 36.3. The molecule has 0 aliphatic heterocycles. The molecule has 12 aromatic carbocycles. The van der Waals surface area contributed by atoms with Crippen LogP contribution in [0.15, 0.2) is 193 Å². The molecule has 0 saturated heterocycles. The average molecular weight is 2310 g/mol. The van der Waals surface area contributed by atoms with E-state index in [-0.39, 0.29) is 93.6 Å². The van der Waals surface area contributed by atoms with Crippen LogP contribution in [0.3, 0.4) is 0 Å². The fourth-order valence-electron chi connectivity index (χ4n) is 11.3. The van der Waals surface area contributed by atoms with E-state index in [0.717, 1.165) is 69.2 Å². The minimum atomic E-state index is -0.527. The molecule has 0 saturated carbocycles. The number of esters is 6. The number of ether oxygens (including phenoxy) is 12. The standard InChI is InChI=1S/C18H18Cl2O3.C17H15BrCl2O3.C17H15Cl3O3.C17H15Cl2FO3.C17H15Cl2IO3.C17H16Cl2O3/c1-4-18(21)23-16-7-5-6-11(2)13(16)10-22-17-9-14(19)12(3)8-15(17)20;2*1-3-17(21)23-15-6-4-5-12(18)11(15)9-22-16-8-13(19)10(2)7-14(16)20;2*1-3-17(21)23-15-6-4-5-14(20)11(15)9-22-16-8-12(18)10(2)7-13(16)19;1-3-17(20)22-15-7-5-4-6-12(15)10-21-16-9-13(18)11(2)8-14(16)19/h5-9H,4,10H2,1-3H3;4*4-8H,3,9H2,1-2H3;4-9H,3,10H2,1-2H3. The molecule has 12 aromatic rings. The summed E-state index contributed by atoms with van der Waals surface area (Å²) in [6.07, 6.45) is 1.70. The van der Waals surface area contributed by atoms with Gasteiger partial charge in [-0.1, -0.05) is 263 Å². The van der Waals surface area contributed by atoms with Crippen LogP contribution in [0, 0.1) is 57.9 Å². The molecule has 0 aliphatic carbocycles. The number of rotatable bonds is 30.